The lowest BCUT2D eigenvalue weighted by Crippen LogP contribution is -2.35. The zero-order valence-electron chi connectivity index (χ0n) is 69.4. The largest absolute Gasteiger partial charge is 0.459 e. The Morgan fingerprint density at radius 1 is 0.468 bits per heavy atom. The number of rotatable bonds is 16. The van der Waals surface area contributed by atoms with E-state index in [1.807, 2.05) is 144 Å². The molecule has 0 radical (unpaired) electrons. The third kappa shape index (κ3) is 18.7. The average Bonchev–Trinajstić information content (AvgIpc) is 1.75. The number of likely N-dealkylation sites (N-methyl/N-ethyl adjacent to an activating group) is 2. The summed E-state index contributed by atoms with van der Waals surface area (Å²) in [5, 5.41) is 10.6. The Labute approximate surface area is 712 Å². The average molecular weight is 1670 g/mol. The first-order valence-electron chi connectivity index (χ1n) is 41.0. The Morgan fingerprint density at radius 3 is 1.26 bits per heavy atom. The van der Waals surface area contributed by atoms with Gasteiger partial charge in [-0.15, -0.1) is 0 Å². The molecule has 0 saturated carbocycles. The van der Waals surface area contributed by atoms with Crippen molar-refractivity contribution in [1.82, 2.24) is 58.6 Å². The number of H-pyrrole nitrogens is 2. The number of aromatic nitrogens is 8. The molecule has 4 aliphatic rings. The van der Waals surface area contributed by atoms with Crippen LogP contribution >= 0.6 is 0 Å². The van der Waals surface area contributed by atoms with Crippen LogP contribution in [0.5, 0.6) is 0 Å². The van der Waals surface area contributed by atoms with Gasteiger partial charge in [0.1, 0.15) is 68.3 Å². The minimum Gasteiger partial charge on any atom is -0.459 e. The Balaban J connectivity index is 0.000000134. The van der Waals surface area contributed by atoms with Crippen molar-refractivity contribution in [1.29, 1.82) is 0 Å². The number of aryl methyl sites for hydroxylation is 3. The molecule has 14 aromatic rings. The Bertz CT molecular complexity index is 6660. The highest BCUT2D eigenvalue weighted by atomic mass is 16.4. The Morgan fingerprint density at radius 2 is 0.839 bits per heavy atom. The number of hydrogen-bond acceptors (Lipinski definition) is 18. The van der Waals surface area contributed by atoms with Gasteiger partial charge >= 0.3 is 11.4 Å². The summed E-state index contributed by atoms with van der Waals surface area (Å²) in [5.41, 5.74) is 11.4. The van der Waals surface area contributed by atoms with Crippen LogP contribution in [-0.4, -0.2) is 121 Å². The van der Waals surface area contributed by atoms with Crippen molar-refractivity contribution in [2.24, 2.45) is 11.8 Å². The SMILES string of the molecule is C.CC1Cc2cc(/C=C/C(=O)N3CCCc4c(oc5ccccc45)C3)cnc2NC1=O.CC1Cc2cc(/C=C/C(=O)N3CCc4c(oc5ccccc45)C3)cnc2NC1=O.CCCn1c(=O)[nH]c2ncc(/C=C/C(=O)N(C)Cc3oc4ccccc4c3C)cc2c1=O.CCCn1c(=O)[nH]c2ncc(/C=C/C(=O)N(C)Cc3oc4ccccc4c3C)cc2c1=O. The first-order valence-corrected chi connectivity index (χ1v) is 41.0. The molecule has 0 fully saturated rings. The lowest BCUT2D eigenvalue weighted by atomic mass is 9.96. The van der Waals surface area contributed by atoms with Crippen molar-refractivity contribution in [3.05, 3.63) is 291 Å². The highest BCUT2D eigenvalue weighted by molar-refractivity contribution is 5.98. The quantitative estimate of drug-likeness (QED) is 0.0653. The Kier molecular flexibility index (Phi) is 25.9. The van der Waals surface area contributed by atoms with Gasteiger partial charge < -0.3 is 47.9 Å². The van der Waals surface area contributed by atoms with Crippen LogP contribution in [-0.2, 0) is 93.7 Å². The number of amides is 6. The number of benzene rings is 4. The zero-order chi connectivity index (χ0) is 86.3. The molecule has 28 heteroatoms. The summed E-state index contributed by atoms with van der Waals surface area (Å²) >= 11 is 0. The molecule has 2 atom stereocenters. The molecule has 6 amide bonds. The molecule has 28 nitrogen and oxygen atoms in total. The van der Waals surface area contributed by atoms with Crippen molar-refractivity contribution >= 4 is 137 Å². The second-order valence-corrected chi connectivity index (χ2v) is 31.2. The van der Waals surface area contributed by atoms with Gasteiger partial charge in [-0.25, -0.2) is 29.5 Å². The molecule has 4 aliphatic heterocycles. The van der Waals surface area contributed by atoms with Gasteiger partial charge in [0.25, 0.3) is 11.1 Å². The van der Waals surface area contributed by atoms with E-state index in [-0.39, 0.29) is 66.0 Å². The second kappa shape index (κ2) is 37.5. The maximum absolute atomic E-state index is 12.9. The summed E-state index contributed by atoms with van der Waals surface area (Å²) in [6.45, 7) is 15.2. The van der Waals surface area contributed by atoms with Gasteiger partial charge in [-0.2, -0.15) is 0 Å². The number of nitrogens with one attached hydrogen (secondary N) is 4. The summed E-state index contributed by atoms with van der Waals surface area (Å²) in [4.78, 5) is 153. The first kappa shape index (κ1) is 85.7. The van der Waals surface area contributed by atoms with Crippen LogP contribution in [0.2, 0.25) is 0 Å². The van der Waals surface area contributed by atoms with E-state index in [4.69, 9.17) is 17.7 Å². The fourth-order valence-electron chi connectivity index (χ4n) is 15.6. The first-order chi connectivity index (χ1) is 59.4. The molecule has 4 aromatic carbocycles. The molecule has 18 rings (SSSR count). The molecule has 2 unspecified atom stereocenters. The van der Waals surface area contributed by atoms with E-state index in [0.29, 0.717) is 112 Å². The van der Waals surface area contributed by atoms with E-state index in [0.717, 1.165) is 129 Å². The number of pyridine rings is 4. The van der Waals surface area contributed by atoms with Crippen molar-refractivity contribution in [3.8, 4) is 0 Å². The van der Waals surface area contributed by atoms with Gasteiger partial charge in [-0.1, -0.05) is 108 Å². The zero-order valence-corrected chi connectivity index (χ0v) is 69.4. The van der Waals surface area contributed by atoms with Crippen molar-refractivity contribution < 1.29 is 46.4 Å². The van der Waals surface area contributed by atoms with E-state index in [1.54, 1.807) is 89.8 Å². The maximum Gasteiger partial charge on any atom is 0.329 e. The van der Waals surface area contributed by atoms with E-state index >= 15 is 0 Å². The van der Waals surface area contributed by atoms with Gasteiger partial charge in [-0.05, 0) is 165 Å². The predicted octanol–water partition coefficient (Wildman–Crippen LogP) is 14.6. The number of carbonyl (C=O) groups excluding carboxylic acids is 6. The smallest absolute Gasteiger partial charge is 0.329 e. The number of fused-ring (bicyclic) bond motifs is 12. The van der Waals surface area contributed by atoms with Gasteiger partial charge in [-0.3, -0.25) is 57.5 Å². The third-order valence-corrected chi connectivity index (χ3v) is 22.4. The number of carbonyl (C=O) groups is 6. The van der Waals surface area contributed by atoms with Gasteiger partial charge in [0, 0.05) is 145 Å². The van der Waals surface area contributed by atoms with E-state index < -0.39 is 22.5 Å². The van der Waals surface area contributed by atoms with Crippen LogP contribution < -0.4 is 33.1 Å². The van der Waals surface area contributed by atoms with Crippen LogP contribution in [0.1, 0.15) is 133 Å². The summed E-state index contributed by atoms with van der Waals surface area (Å²) in [5.74, 6) is 3.81. The molecule has 0 aliphatic carbocycles. The van der Waals surface area contributed by atoms with Crippen molar-refractivity contribution in [2.75, 3.05) is 37.8 Å². The molecular formula is C96H96N14O14. The van der Waals surface area contributed by atoms with Crippen LogP contribution in [0.3, 0.4) is 0 Å². The van der Waals surface area contributed by atoms with Crippen molar-refractivity contribution in [2.45, 2.75) is 133 Å². The van der Waals surface area contributed by atoms with Crippen LogP contribution in [0.4, 0.5) is 11.6 Å². The summed E-state index contributed by atoms with van der Waals surface area (Å²) < 4.78 is 26.1. The Hall–Kier alpha value is -14.7. The lowest BCUT2D eigenvalue weighted by molar-refractivity contribution is -0.127. The summed E-state index contributed by atoms with van der Waals surface area (Å²) in [6.07, 6.45) is 24.4. The van der Waals surface area contributed by atoms with Crippen molar-refractivity contribution in [3.63, 3.8) is 0 Å². The lowest BCUT2D eigenvalue weighted by Gasteiger charge is -2.25. The van der Waals surface area contributed by atoms with E-state index in [1.165, 1.54) is 35.7 Å². The fourth-order valence-corrected chi connectivity index (χ4v) is 15.6. The molecule has 10 aromatic heterocycles. The number of aromatic amines is 2. The molecule has 0 spiro atoms. The molecule has 0 bridgehead atoms. The highest BCUT2D eigenvalue weighted by Crippen LogP contribution is 2.35. The second-order valence-electron chi connectivity index (χ2n) is 31.2. The minimum atomic E-state index is -0.474. The third-order valence-electron chi connectivity index (χ3n) is 22.4. The number of anilines is 2. The minimum absolute atomic E-state index is 0. The van der Waals surface area contributed by atoms with Gasteiger partial charge in [0.2, 0.25) is 35.4 Å². The van der Waals surface area contributed by atoms with Crippen LogP contribution in [0.25, 0.3) is 90.2 Å². The molecule has 634 valence electrons. The molecule has 14 heterocycles. The normalized spacial score (nSPS) is 14.9. The number of hydrogen-bond donors (Lipinski definition) is 4. The topological polar surface area (TPSA) is 353 Å². The standard InChI is InChI=1S/2C24H24N4O4.C24H23N3O3.C23H21N3O3.CH4/c2*1-4-11-28-23(30)18-12-16(13-25-22(18)26-24(28)31)9-10-21(29)27(3)14-20-15(2)17-7-5-6-8-19(17)32-20;1-15-11-17-12-16(13-25-23(17)26-24(15)29)8-9-22(28)27-10-4-6-19-18-5-2-3-7-20(18)30-21(19)14-27;1-14-10-16-11-15(12-24-22(16)25-23(14)28)6-7-21(27)26-9-8-18-17-4-2-3-5-19(17)29-20(18)13-26;/h2*5-10,12-13H,4,11,14H2,1-3H3,(H,25,26,31);2-3,5,7-9,12-13,15H,4,6,10-11,14H2,1H3,(H,25,26,29);2-7,11-12,14H,8-10,13H2,1H3,(H,24,25,28);1H4/b2*10-9+;9-8+;7-6+;. The number of nitrogens with zero attached hydrogens (tertiary/aromatic N) is 10. The van der Waals surface area contributed by atoms with Gasteiger partial charge in [0.15, 0.2) is 0 Å². The predicted molar refractivity (Wildman–Crippen MR) is 478 cm³/mol. The maximum atomic E-state index is 12.9. The van der Waals surface area contributed by atoms with Crippen LogP contribution in [0.15, 0.2) is 207 Å². The van der Waals surface area contributed by atoms with E-state index in [9.17, 15) is 47.9 Å². The highest BCUT2D eigenvalue weighted by Gasteiger charge is 2.29. The van der Waals surface area contributed by atoms with Crippen LogP contribution in [0, 0.1) is 25.7 Å². The number of para-hydroxylation sites is 4. The van der Waals surface area contributed by atoms with Gasteiger partial charge in [0.05, 0.1) is 37.0 Å². The molecule has 0 saturated heterocycles. The molecule has 124 heavy (non-hydrogen) atoms. The number of furan rings is 4. The fraction of sp³-hybridized carbons (Fsp3) is 0.271. The molecule has 4 N–H and O–H groups in total. The summed E-state index contributed by atoms with van der Waals surface area (Å²) in [7, 11) is 3.40. The monoisotopic (exact) mass is 1670 g/mol. The molecular weight excluding hydrogens is 1570 g/mol. The summed E-state index contributed by atoms with van der Waals surface area (Å²) in [6, 6.07) is 38.8. The van der Waals surface area contributed by atoms with E-state index in [2.05, 4.69) is 52.7 Å².